The average molecular weight is 202 g/mol. The molecule has 0 aromatic heterocycles. The maximum absolute atomic E-state index is 5.92. The van der Waals surface area contributed by atoms with E-state index in [4.69, 9.17) is 5.73 Å². The Morgan fingerprint density at radius 1 is 1.33 bits per heavy atom. The molecule has 2 N–H and O–H groups in total. The molecule has 1 aromatic rings. The molecule has 2 fully saturated rings. The van der Waals surface area contributed by atoms with Gasteiger partial charge in [-0.2, -0.15) is 0 Å². The van der Waals surface area contributed by atoms with Crippen LogP contribution in [0.5, 0.6) is 0 Å². The lowest BCUT2D eigenvalue weighted by molar-refractivity contribution is 0.290. The van der Waals surface area contributed by atoms with Gasteiger partial charge in [0, 0.05) is 25.7 Å². The van der Waals surface area contributed by atoms with E-state index in [9.17, 15) is 0 Å². The molecular formula is C13H18N2. The Morgan fingerprint density at radius 2 is 2.07 bits per heavy atom. The van der Waals surface area contributed by atoms with E-state index in [1.807, 2.05) is 0 Å². The third kappa shape index (κ3) is 1.68. The van der Waals surface area contributed by atoms with Gasteiger partial charge < -0.3 is 5.73 Å². The van der Waals surface area contributed by atoms with Crippen molar-refractivity contribution in [2.24, 2.45) is 17.6 Å². The van der Waals surface area contributed by atoms with E-state index in [2.05, 4.69) is 36.1 Å². The van der Waals surface area contributed by atoms with Gasteiger partial charge in [-0.15, -0.1) is 0 Å². The molecule has 1 aromatic carbocycles. The Kier molecular flexibility index (Phi) is 2.08. The largest absolute Gasteiger partial charge is 0.327 e. The molecule has 1 saturated carbocycles. The van der Waals surface area contributed by atoms with Crippen molar-refractivity contribution in [2.45, 2.75) is 19.5 Å². The standard InChI is InChI=1S/C13H18N2/c1-9-3-2-4-10(5-9)6-15-7-11-12(8-15)13(11)14/h2-5,11-13H,6-8,14H2,1H3. The smallest absolute Gasteiger partial charge is 0.0234 e. The number of likely N-dealkylation sites (tertiary alicyclic amines) is 1. The van der Waals surface area contributed by atoms with Gasteiger partial charge in [-0.1, -0.05) is 29.8 Å². The van der Waals surface area contributed by atoms with E-state index in [1.165, 1.54) is 24.2 Å². The van der Waals surface area contributed by atoms with Crippen LogP contribution >= 0.6 is 0 Å². The van der Waals surface area contributed by atoms with Crippen LogP contribution in [-0.4, -0.2) is 24.0 Å². The number of fused-ring (bicyclic) bond motifs is 1. The fraction of sp³-hybridized carbons (Fsp3) is 0.538. The van der Waals surface area contributed by atoms with Gasteiger partial charge in [0.05, 0.1) is 0 Å². The van der Waals surface area contributed by atoms with Crippen LogP contribution < -0.4 is 5.73 Å². The van der Waals surface area contributed by atoms with Crippen molar-refractivity contribution in [1.29, 1.82) is 0 Å². The molecule has 1 heterocycles. The Hall–Kier alpha value is -0.860. The van der Waals surface area contributed by atoms with Crippen molar-refractivity contribution in [3.05, 3.63) is 35.4 Å². The first-order valence-electron chi connectivity index (χ1n) is 5.77. The maximum atomic E-state index is 5.92. The van der Waals surface area contributed by atoms with Crippen LogP contribution in [0.4, 0.5) is 0 Å². The quantitative estimate of drug-likeness (QED) is 0.785. The number of hydrogen-bond acceptors (Lipinski definition) is 2. The number of hydrogen-bond donors (Lipinski definition) is 1. The summed E-state index contributed by atoms with van der Waals surface area (Å²) >= 11 is 0. The third-order valence-electron chi connectivity index (χ3n) is 3.82. The van der Waals surface area contributed by atoms with Gasteiger partial charge >= 0.3 is 0 Å². The molecule has 1 saturated heterocycles. The maximum Gasteiger partial charge on any atom is 0.0234 e. The van der Waals surface area contributed by atoms with Crippen molar-refractivity contribution in [1.82, 2.24) is 4.90 Å². The molecule has 2 aliphatic rings. The Morgan fingerprint density at radius 3 is 2.73 bits per heavy atom. The normalized spacial score (nSPS) is 34.1. The molecule has 1 aliphatic heterocycles. The lowest BCUT2D eigenvalue weighted by Gasteiger charge is -2.18. The average Bonchev–Trinajstić information content (AvgIpc) is 2.63. The fourth-order valence-corrected chi connectivity index (χ4v) is 2.86. The van der Waals surface area contributed by atoms with Crippen LogP contribution in [0.15, 0.2) is 24.3 Å². The number of rotatable bonds is 2. The van der Waals surface area contributed by atoms with Crippen LogP contribution in [0, 0.1) is 18.8 Å². The van der Waals surface area contributed by atoms with Crippen LogP contribution in [0.1, 0.15) is 11.1 Å². The second-order valence-electron chi connectivity index (χ2n) is 5.09. The zero-order valence-corrected chi connectivity index (χ0v) is 9.19. The summed E-state index contributed by atoms with van der Waals surface area (Å²) < 4.78 is 0. The molecule has 2 atom stereocenters. The molecule has 0 radical (unpaired) electrons. The first kappa shape index (κ1) is 9.37. The SMILES string of the molecule is Cc1cccc(CN2CC3C(N)C3C2)c1. The molecule has 2 heteroatoms. The summed E-state index contributed by atoms with van der Waals surface area (Å²) in [6, 6.07) is 9.31. The van der Waals surface area contributed by atoms with E-state index in [0.29, 0.717) is 6.04 Å². The number of nitrogens with zero attached hydrogens (tertiary/aromatic N) is 1. The summed E-state index contributed by atoms with van der Waals surface area (Å²) in [5.74, 6) is 1.60. The highest BCUT2D eigenvalue weighted by Crippen LogP contribution is 2.44. The Bertz CT molecular complexity index is 363. The van der Waals surface area contributed by atoms with E-state index in [1.54, 1.807) is 0 Å². The molecule has 2 unspecified atom stereocenters. The van der Waals surface area contributed by atoms with Crippen molar-refractivity contribution in [3.63, 3.8) is 0 Å². The summed E-state index contributed by atoms with van der Waals surface area (Å²) in [6.45, 7) is 5.67. The molecular weight excluding hydrogens is 184 g/mol. The fourth-order valence-electron chi connectivity index (χ4n) is 2.86. The van der Waals surface area contributed by atoms with Crippen molar-refractivity contribution in [3.8, 4) is 0 Å². The highest BCUT2D eigenvalue weighted by molar-refractivity contribution is 5.22. The minimum Gasteiger partial charge on any atom is -0.327 e. The highest BCUT2D eigenvalue weighted by atomic mass is 15.2. The predicted octanol–water partition coefficient (Wildman–Crippen LogP) is 1.38. The van der Waals surface area contributed by atoms with Crippen molar-refractivity contribution in [2.75, 3.05) is 13.1 Å². The number of benzene rings is 1. The lowest BCUT2D eigenvalue weighted by atomic mass is 10.1. The molecule has 1 aliphatic carbocycles. The minimum absolute atomic E-state index is 0.513. The summed E-state index contributed by atoms with van der Waals surface area (Å²) in [7, 11) is 0. The third-order valence-corrected chi connectivity index (χ3v) is 3.82. The molecule has 0 bridgehead atoms. The van der Waals surface area contributed by atoms with Crippen LogP contribution in [0.25, 0.3) is 0 Å². The Balaban J connectivity index is 1.63. The Labute approximate surface area is 91.1 Å². The number of aryl methyl sites for hydroxylation is 1. The van der Waals surface area contributed by atoms with Crippen LogP contribution in [0.3, 0.4) is 0 Å². The summed E-state index contributed by atoms with van der Waals surface area (Å²) in [4.78, 5) is 2.54. The molecule has 15 heavy (non-hydrogen) atoms. The van der Waals surface area contributed by atoms with E-state index in [0.717, 1.165) is 18.4 Å². The van der Waals surface area contributed by atoms with Gasteiger partial charge in [-0.05, 0) is 24.3 Å². The van der Waals surface area contributed by atoms with Gasteiger partial charge in [0.15, 0.2) is 0 Å². The highest BCUT2D eigenvalue weighted by Gasteiger charge is 2.53. The molecule has 3 rings (SSSR count). The number of piperidine rings is 1. The van der Waals surface area contributed by atoms with E-state index >= 15 is 0 Å². The molecule has 2 nitrogen and oxygen atoms in total. The molecule has 80 valence electrons. The second-order valence-corrected chi connectivity index (χ2v) is 5.09. The summed E-state index contributed by atoms with van der Waals surface area (Å²) in [5.41, 5.74) is 8.72. The zero-order chi connectivity index (χ0) is 10.4. The van der Waals surface area contributed by atoms with Gasteiger partial charge in [-0.3, -0.25) is 4.90 Å². The number of nitrogens with two attached hydrogens (primary N) is 1. The second kappa shape index (κ2) is 3.32. The van der Waals surface area contributed by atoms with Crippen molar-refractivity contribution < 1.29 is 0 Å². The topological polar surface area (TPSA) is 29.3 Å². The first-order chi connectivity index (χ1) is 7.24. The van der Waals surface area contributed by atoms with E-state index in [-0.39, 0.29) is 0 Å². The van der Waals surface area contributed by atoms with Crippen LogP contribution in [-0.2, 0) is 6.54 Å². The van der Waals surface area contributed by atoms with Gasteiger partial charge in [0.25, 0.3) is 0 Å². The van der Waals surface area contributed by atoms with Gasteiger partial charge in [0.1, 0.15) is 0 Å². The molecule has 0 amide bonds. The van der Waals surface area contributed by atoms with Gasteiger partial charge in [-0.25, -0.2) is 0 Å². The first-order valence-corrected chi connectivity index (χ1v) is 5.77. The minimum atomic E-state index is 0.513. The van der Waals surface area contributed by atoms with Gasteiger partial charge in [0.2, 0.25) is 0 Å². The summed E-state index contributed by atoms with van der Waals surface area (Å²) in [6.07, 6.45) is 0. The van der Waals surface area contributed by atoms with Crippen molar-refractivity contribution >= 4 is 0 Å². The molecule has 0 spiro atoms. The summed E-state index contributed by atoms with van der Waals surface area (Å²) in [5, 5.41) is 0. The predicted molar refractivity (Wildman–Crippen MR) is 61.4 cm³/mol. The van der Waals surface area contributed by atoms with E-state index < -0.39 is 0 Å². The zero-order valence-electron chi connectivity index (χ0n) is 9.19. The monoisotopic (exact) mass is 202 g/mol. The lowest BCUT2D eigenvalue weighted by Crippen LogP contribution is -2.27. The van der Waals surface area contributed by atoms with Crippen LogP contribution in [0.2, 0.25) is 0 Å².